The molecule has 1 aromatic carbocycles. The number of H-pyrrole nitrogens is 1. The number of likely N-dealkylation sites (tertiary alicyclic amines) is 1. The largest absolute Gasteiger partial charge is 0.507 e. The number of aliphatic hydroxyl groups is 1. The summed E-state index contributed by atoms with van der Waals surface area (Å²) in [6.45, 7) is 0.284. The molecular formula is C23H17N3O3S. The van der Waals surface area contributed by atoms with Gasteiger partial charge >= 0.3 is 0 Å². The quantitative estimate of drug-likeness (QED) is 0.296. The molecular weight excluding hydrogens is 398 g/mol. The predicted molar refractivity (Wildman–Crippen MR) is 115 cm³/mol. The summed E-state index contributed by atoms with van der Waals surface area (Å²) >= 11 is 1.52. The number of hydrogen-bond acceptors (Lipinski definition) is 5. The number of carbonyl (C=O) groups excluding carboxylic acids is 2. The summed E-state index contributed by atoms with van der Waals surface area (Å²) in [4.78, 5) is 35.8. The molecule has 1 atom stereocenters. The van der Waals surface area contributed by atoms with E-state index in [1.165, 1.54) is 16.2 Å². The third kappa shape index (κ3) is 2.91. The first-order chi connectivity index (χ1) is 14.6. The zero-order chi connectivity index (χ0) is 20.7. The maximum atomic E-state index is 13.1. The van der Waals surface area contributed by atoms with Gasteiger partial charge in [-0.15, -0.1) is 11.3 Å². The van der Waals surface area contributed by atoms with E-state index in [-0.39, 0.29) is 17.9 Å². The third-order valence-electron chi connectivity index (χ3n) is 5.29. The van der Waals surface area contributed by atoms with Crippen LogP contribution < -0.4 is 0 Å². The second-order valence-corrected chi connectivity index (χ2v) is 8.07. The first-order valence-electron chi connectivity index (χ1n) is 9.42. The lowest BCUT2D eigenvalue weighted by atomic mass is 9.96. The number of nitrogens with zero attached hydrogens (tertiary/aromatic N) is 2. The number of amides is 1. The monoisotopic (exact) mass is 415 g/mol. The molecule has 1 aliphatic rings. The second kappa shape index (κ2) is 7.27. The van der Waals surface area contributed by atoms with Crippen LogP contribution in [-0.2, 0) is 16.1 Å². The highest BCUT2D eigenvalue weighted by Gasteiger charge is 2.46. The fourth-order valence-corrected chi connectivity index (χ4v) is 4.61. The highest BCUT2D eigenvalue weighted by atomic mass is 32.1. The van der Waals surface area contributed by atoms with Crippen molar-refractivity contribution in [3.63, 3.8) is 0 Å². The molecule has 2 N–H and O–H groups in total. The van der Waals surface area contributed by atoms with E-state index in [0.29, 0.717) is 11.1 Å². The summed E-state index contributed by atoms with van der Waals surface area (Å²) < 4.78 is 0. The van der Waals surface area contributed by atoms with Gasteiger partial charge in [0.1, 0.15) is 5.76 Å². The molecule has 0 spiro atoms. The minimum absolute atomic E-state index is 0.0781. The van der Waals surface area contributed by atoms with Crippen molar-refractivity contribution in [2.45, 2.75) is 12.6 Å². The zero-order valence-electron chi connectivity index (χ0n) is 15.8. The Morgan fingerprint density at radius 3 is 2.77 bits per heavy atom. The van der Waals surface area contributed by atoms with Crippen LogP contribution in [0.25, 0.3) is 16.7 Å². The molecule has 3 aromatic heterocycles. The summed E-state index contributed by atoms with van der Waals surface area (Å²) in [6.07, 6.45) is 4.92. The fourth-order valence-electron chi connectivity index (χ4n) is 3.91. The van der Waals surface area contributed by atoms with Crippen LogP contribution in [0.1, 0.15) is 22.0 Å². The van der Waals surface area contributed by atoms with Crippen molar-refractivity contribution in [2.75, 3.05) is 0 Å². The van der Waals surface area contributed by atoms with Crippen molar-refractivity contribution < 1.29 is 14.7 Å². The minimum Gasteiger partial charge on any atom is -0.507 e. The number of nitrogens with one attached hydrogen (secondary N) is 1. The van der Waals surface area contributed by atoms with Gasteiger partial charge in [-0.1, -0.05) is 30.3 Å². The molecule has 1 amide bonds. The van der Waals surface area contributed by atoms with E-state index >= 15 is 0 Å². The molecule has 6 nitrogen and oxygen atoms in total. The number of thiophene rings is 1. The van der Waals surface area contributed by atoms with Crippen molar-refractivity contribution in [1.82, 2.24) is 14.9 Å². The number of carbonyl (C=O) groups is 2. The summed E-state index contributed by atoms with van der Waals surface area (Å²) in [5.41, 5.74) is 2.09. The predicted octanol–water partition coefficient (Wildman–Crippen LogP) is 4.25. The molecule has 7 heteroatoms. The van der Waals surface area contributed by atoms with E-state index < -0.39 is 17.7 Å². The van der Waals surface area contributed by atoms with Crippen LogP contribution in [0.2, 0.25) is 0 Å². The molecule has 0 aliphatic carbocycles. The van der Waals surface area contributed by atoms with Crippen molar-refractivity contribution in [2.24, 2.45) is 0 Å². The van der Waals surface area contributed by atoms with Crippen LogP contribution in [0.3, 0.4) is 0 Å². The molecule has 0 radical (unpaired) electrons. The Labute approximate surface area is 176 Å². The molecule has 1 saturated heterocycles. The van der Waals surface area contributed by atoms with Crippen molar-refractivity contribution in [3.05, 3.63) is 94.1 Å². The molecule has 1 fully saturated rings. The number of benzene rings is 1. The number of aromatic nitrogens is 2. The summed E-state index contributed by atoms with van der Waals surface area (Å²) in [7, 11) is 0. The van der Waals surface area contributed by atoms with E-state index in [4.69, 9.17) is 0 Å². The molecule has 4 aromatic rings. The molecule has 5 rings (SSSR count). The first-order valence-corrected chi connectivity index (χ1v) is 10.3. The maximum Gasteiger partial charge on any atom is 0.295 e. The number of aliphatic hydroxyl groups excluding tert-OH is 1. The lowest BCUT2D eigenvalue weighted by Crippen LogP contribution is -2.28. The molecule has 4 heterocycles. The van der Waals surface area contributed by atoms with Crippen LogP contribution >= 0.6 is 11.3 Å². The Bertz CT molecular complexity index is 1280. The number of para-hydroxylation sites is 1. The lowest BCUT2D eigenvalue weighted by Gasteiger charge is -2.24. The normalized spacial score (nSPS) is 18.4. The molecule has 0 bridgehead atoms. The zero-order valence-corrected chi connectivity index (χ0v) is 16.6. The van der Waals surface area contributed by atoms with Gasteiger partial charge in [0.05, 0.1) is 18.2 Å². The van der Waals surface area contributed by atoms with E-state index in [1.54, 1.807) is 24.7 Å². The molecule has 1 aliphatic heterocycles. The van der Waals surface area contributed by atoms with Crippen molar-refractivity contribution in [1.29, 1.82) is 0 Å². The van der Waals surface area contributed by atoms with Crippen molar-refractivity contribution in [3.8, 4) is 0 Å². The highest BCUT2D eigenvalue weighted by molar-refractivity contribution is 7.09. The van der Waals surface area contributed by atoms with E-state index in [1.807, 2.05) is 47.8 Å². The van der Waals surface area contributed by atoms with E-state index in [2.05, 4.69) is 9.97 Å². The first kappa shape index (κ1) is 18.3. The Hall–Kier alpha value is -3.71. The Morgan fingerprint density at radius 1 is 1.13 bits per heavy atom. The van der Waals surface area contributed by atoms with Gasteiger partial charge in [0.2, 0.25) is 0 Å². The van der Waals surface area contributed by atoms with Crippen LogP contribution in [0, 0.1) is 0 Å². The standard InChI is InChI=1S/C23H17N3O3S/c27-21(17-12-25-18-8-2-1-7-16(17)18)19-20(14-5-3-9-24-11-14)26(23(29)22(19)28)13-15-6-4-10-30-15/h1-12,20,25,27H,13H2/b21-19-. The van der Waals surface area contributed by atoms with Gasteiger partial charge < -0.3 is 15.0 Å². The van der Waals surface area contributed by atoms with Gasteiger partial charge in [-0.05, 0) is 29.1 Å². The number of ketones is 1. The van der Waals surface area contributed by atoms with Crippen molar-refractivity contribution >= 4 is 39.7 Å². The van der Waals surface area contributed by atoms with Crippen LogP contribution in [0.15, 0.2) is 78.1 Å². The maximum absolute atomic E-state index is 13.1. The van der Waals surface area contributed by atoms with Gasteiger partial charge in [-0.25, -0.2) is 0 Å². The number of pyridine rings is 1. The summed E-state index contributed by atoms with van der Waals surface area (Å²) in [5.74, 6) is -1.50. The van der Waals surface area contributed by atoms with Gasteiger partial charge in [0.25, 0.3) is 11.7 Å². The molecule has 30 heavy (non-hydrogen) atoms. The van der Waals surface area contributed by atoms with Gasteiger partial charge in [0, 0.05) is 39.9 Å². The highest BCUT2D eigenvalue weighted by Crippen LogP contribution is 2.41. The van der Waals surface area contributed by atoms with Crippen LogP contribution in [0.4, 0.5) is 0 Å². The topological polar surface area (TPSA) is 86.3 Å². The Balaban J connectivity index is 1.69. The van der Waals surface area contributed by atoms with Gasteiger partial charge in [-0.3, -0.25) is 14.6 Å². The number of hydrogen-bond donors (Lipinski definition) is 2. The third-order valence-corrected chi connectivity index (χ3v) is 6.15. The van der Waals surface area contributed by atoms with E-state index in [9.17, 15) is 14.7 Å². The smallest absolute Gasteiger partial charge is 0.295 e. The average molecular weight is 415 g/mol. The summed E-state index contributed by atoms with van der Waals surface area (Å²) in [6, 6.07) is 14.2. The SMILES string of the molecule is O=C1C(=O)N(Cc2cccs2)C(c2cccnc2)/C1=C(/O)c1c[nH]c2ccccc12. The number of Topliss-reactive ketones (excluding diaryl/α,β-unsaturated/α-hetero) is 1. The van der Waals surface area contributed by atoms with E-state index in [0.717, 1.165) is 15.8 Å². The summed E-state index contributed by atoms with van der Waals surface area (Å²) in [5, 5.41) is 13.9. The minimum atomic E-state index is -0.713. The molecule has 1 unspecified atom stereocenters. The molecule has 0 saturated carbocycles. The van der Waals surface area contributed by atoms with Crippen LogP contribution in [0.5, 0.6) is 0 Å². The number of fused-ring (bicyclic) bond motifs is 1. The van der Waals surface area contributed by atoms with Gasteiger partial charge in [0.15, 0.2) is 0 Å². The molecule has 148 valence electrons. The van der Waals surface area contributed by atoms with Crippen LogP contribution in [-0.4, -0.2) is 31.7 Å². The Kier molecular flexibility index (Phi) is 4.44. The second-order valence-electron chi connectivity index (χ2n) is 7.04. The Morgan fingerprint density at radius 2 is 2.00 bits per heavy atom. The van der Waals surface area contributed by atoms with Gasteiger partial charge in [-0.2, -0.15) is 0 Å². The average Bonchev–Trinajstić information content (AvgIpc) is 3.49. The lowest BCUT2D eigenvalue weighted by molar-refractivity contribution is -0.140. The number of aromatic amines is 1. The number of rotatable bonds is 4. The fraction of sp³-hybridized carbons (Fsp3) is 0.0870.